The molecule has 3 heteroatoms. The molecule has 3 nitrogen and oxygen atoms in total. The molecular formula is C9H7NO2. The lowest BCUT2D eigenvalue weighted by atomic mass is 9.90. The molecule has 0 fully saturated rings. The van der Waals surface area contributed by atoms with Gasteiger partial charge in [0, 0.05) is 0 Å². The molecular weight excluding hydrogens is 154 g/mol. The van der Waals surface area contributed by atoms with Gasteiger partial charge >= 0.3 is 0 Å². The van der Waals surface area contributed by atoms with Crippen molar-refractivity contribution in [3.05, 3.63) is 23.3 Å². The van der Waals surface area contributed by atoms with Crippen LogP contribution < -0.4 is 0 Å². The molecule has 0 aliphatic carbocycles. The number of nitriles is 1. The van der Waals surface area contributed by atoms with E-state index in [2.05, 4.69) is 0 Å². The topological polar surface area (TPSA) is 50.1 Å². The zero-order valence-electron chi connectivity index (χ0n) is 6.57. The van der Waals surface area contributed by atoms with Crippen LogP contribution in [0.25, 0.3) is 0 Å². The van der Waals surface area contributed by atoms with Crippen LogP contribution in [-0.2, 0) is 9.53 Å². The highest BCUT2D eigenvalue weighted by Crippen LogP contribution is 2.40. The first-order valence-corrected chi connectivity index (χ1v) is 3.68. The van der Waals surface area contributed by atoms with Gasteiger partial charge in [-0.1, -0.05) is 6.08 Å². The van der Waals surface area contributed by atoms with Crippen LogP contribution >= 0.6 is 0 Å². The third kappa shape index (κ3) is 0.607. The maximum Gasteiger partial charge on any atom is 0.177 e. The fourth-order valence-electron chi connectivity index (χ4n) is 1.65. The summed E-state index contributed by atoms with van der Waals surface area (Å²) in [6, 6.07) is 2.01. The second kappa shape index (κ2) is 2.05. The van der Waals surface area contributed by atoms with Crippen molar-refractivity contribution >= 4 is 6.29 Å². The second-order valence-corrected chi connectivity index (χ2v) is 2.98. The van der Waals surface area contributed by atoms with Crippen LogP contribution in [0, 0.1) is 11.3 Å². The highest BCUT2D eigenvalue weighted by atomic mass is 16.5. The maximum absolute atomic E-state index is 10.7. The van der Waals surface area contributed by atoms with Crippen molar-refractivity contribution < 1.29 is 9.53 Å². The molecule has 2 atom stereocenters. The number of aldehydes is 1. The zero-order valence-corrected chi connectivity index (χ0v) is 6.57. The normalized spacial score (nSPS) is 37.2. The molecule has 0 saturated carbocycles. The average molecular weight is 161 g/mol. The molecule has 2 heterocycles. The van der Waals surface area contributed by atoms with Crippen LogP contribution in [0.15, 0.2) is 23.3 Å². The smallest absolute Gasteiger partial charge is 0.177 e. The van der Waals surface area contributed by atoms with Crippen LogP contribution in [0.5, 0.6) is 0 Å². The summed E-state index contributed by atoms with van der Waals surface area (Å²) in [7, 11) is 0. The van der Waals surface area contributed by atoms with Crippen LogP contribution in [0.1, 0.15) is 6.92 Å². The van der Waals surface area contributed by atoms with E-state index in [0.29, 0.717) is 11.9 Å². The van der Waals surface area contributed by atoms with Gasteiger partial charge in [-0.2, -0.15) is 5.26 Å². The maximum atomic E-state index is 10.7. The molecule has 2 aliphatic heterocycles. The Kier molecular flexibility index (Phi) is 1.24. The molecule has 2 bridgehead atoms. The number of nitrogens with zero attached hydrogens (tertiary/aromatic N) is 1. The van der Waals surface area contributed by atoms with E-state index in [0.717, 1.165) is 5.57 Å². The minimum absolute atomic E-state index is 0.162. The lowest BCUT2D eigenvalue weighted by Gasteiger charge is -2.13. The molecule has 2 rings (SSSR count). The SMILES string of the molecule is CC1=C(C#N)C2(C=O)C=CC1O2. The Morgan fingerprint density at radius 3 is 3.08 bits per heavy atom. The lowest BCUT2D eigenvalue weighted by Crippen LogP contribution is -2.28. The number of carbonyl (C=O) groups excluding carboxylic acids is 1. The minimum Gasteiger partial charge on any atom is -0.346 e. The van der Waals surface area contributed by atoms with E-state index in [1.165, 1.54) is 0 Å². The number of hydrogen-bond donors (Lipinski definition) is 0. The summed E-state index contributed by atoms with van der Waals surface area (Å²) in [4.78, 5) is 10.7. The second-order valence-electron chi connectivity index (χ2n) is 2.98. The third-order valence-corrected chi connectivity index (χ3v) is 2.34. The van der Waals surface area contributed by atoms with Gasteiger partial charge in [-0.15, -0.1) is 0 Å². The molecule has 0 N–H and O–H groups in total. The summed E-state index contributed by atoms with van der Waals surface area (Å²) in [6.07, 6.45) is 3.98. The fraction of sp³-hybridized carbons (Fsp3) is 0.333. The van der Waals surface area contributed by atoms with Crippen molar-refractivity contribution in [3.8, 4) is 6.07 Å². The summed E-state index contributed by atoms with van der Waals surface area (Å²) in [5, 5.41) is 8.77. The standard InChI is InChI=1S/C9H7NO2/c1-6-7(4-10)9(5-11)3-2-8(6)12-9/h2-3,5,8H,1H3. The minimum atomic E-state index is -1.05. The molecule has 0 amide bonds. The van der Waals surface area contributed by atoms with Crippen molar-refractivity contribution in [2.75, 3.05) is 0 Å². The van der Waals surface area contributed by atoms with E-state index in [9.17, 15) is 4.79 Å². The Labute approximate surface area is 69.9 Å². The van der Waals surface area contributed by atoms with Crippen molar-refractivity contribution in [1.29, 1.82) is 5.26 Å². The molecule has 12 heavy (non-hydrogen) atoms. The van der Waals surface area contributed by atoms with E-state index < -0.39 is 5.60 Å². The third-order valence-electron chi connectivity index (χ3n) is 2.34. The summed E-state index contributed by atoms with van der Waals surface area (Å²) in [6.45, 7) is 1.82. The quantitative estimate of drug-likeness (QED) is 0.421. The van der Waals surface area contributed by atoms with E-state index >= 15 is 0 Å². The van der Waals surface area contributed by atoms with Crippen LogP contribution in [0.3, 0.4) is 0 Å². The largest absolute Gasteiger partial charge is 0.346 e. The monoisotopic (exact) mass is 161 g/mol. The summed E-state index contributed by atoms with van der Waals surface area (Å²) in [5.74, 6) is 0. The Morgan fingerprint density at radius 2 is 2.58 bits per heavy atom. The molecule has 0 aromatic rings. The van der Waals surface area contributed by atoms with Crippen molar-refractivity contribution in [2.24, 2.45) is 0 Å². The number of rotatable bonds is 1. The van der Waals surface area contributed by atoms with Crippen molar-refractivity contribution in [3.63, 3.8) is 0 Å². The molecule has 2 aliphatic rings. The van der Waals surface area contributed by atoms with E-state index in [1.54, 1.807) is 6.08 Å². The molecule has 0 saturated heterocycles. The van der Waals surface area contributed by atoms with Gasteiger partial charge in [-0.05, 0) is 18.6 Å². The lowest BCUT2D eigenvalue weighted by molar-refractivity contribution is -0.119. The van der Waals surface area contributed by atoms with Gasteiger partial charge in [0.05, 0.1) is 11.6 Å². The molecule has 2 unspecified atom stereocenters. The van der Waals surface area contributed by atoms with Crippen molar-refractivity contribution in [2.45, 2.75) is 18.6 Å². The van der Waals surface area contributed by atoms with Crippen LogP contribution in [0.4, 0.5) is 0 Å². The molecule has 0 aromatic heterocycles. The molecule has 0 radical (unpaired) electrons. The zero-order chi connectivity index (χ0) is 8.77. The van der Waals surface area contributed by atoms with Gasteiger partial charge < -0.3 is 4.74 Å². The summed E-state index contributed by atoms with van der Waals surface area (Å²) in [5.41, 5.74) is 0.251. The number of ether oxygens (including phenoxy) is 1. The number of fused-ring (bicyclic) bond motifs is 2. The number of carbonyl (C=O) groups is 1. The fourth-order valence-corrected chi connectivity index (χ4v) is 1.65. The Balaban J connectivity index is 2.57. The summed E-state index contributed by atoms with van der Waals surface area (Å²) < 4.78 is 5.35. The van der Waals surface area contributed by atoms with Crippen LogP contribution in [0.2, 0.25) is 0 Å². The van der Waals surface area contributed by atoms with E-state index in [1.807, 2.05) is 19.1 Å². The summed E-state index contributed by atoms with van der Waals surface area (Å²) >= 11 is 0. The van der Waals surface area contributed by atoms with Crippen LogP contribution in [-0.4, -0.2) is 18.0 Å². The van der Waals surface area contributed by atoms with Crippen molar-refractivity contribution in [1.82, 2.24) is 0 Å². The first-order chi connectivity index (χ1) is 5.73. The Hall–Kier alpha value is -1.40. The molecule has 0 aromatic carbocycles. The first kappa shape index (κ1) is 7.26. The van der Waals surface area contributed by atoms with Gasteiger partial charge in [0.25, 0.3) is 0 Å². The average Bonchev–Trinajstić information content (AvgIpc) is 2.61. The van der Waals surface area contributed by atoms with Gasteiger partial charge in [0.1, 0.15) is 6.10 Å². The molecule has 0 spiro atoms. The Bertz CT molecular complexity index is 348. The van der Waals surface area contributed by atoms with Gasteiger partial charge in [0.2, 0.25) is 0 Å². The van der Waals surface area contributed by atoms with Gasteiger partial charge in [-0.25, -0.2) is 0 Å². The predicted molar refractivity (Wildman–Crippen MR) is 41.1 cm³/mol. The van der Waals surface area contributed by atoms with Gasteiger partial charge in [0.15, 0.2) is 11.9 Å². The highest BCUT2D eigenvalue weighted by molar-refractivity contribution is 5.79. The highest BCUT2D eigenvalue weighted by Gasteiger charge is 2.47. The predicted octanol–water partition coefficient (Wildman–Crippen LogP) is 0.733. The van der Waals surface area contributed by atoms with Gasteiger partial charge in [-0.3, -0.25) is 4.79 Å². The first-order valence-electron chi connectivity index (χ1n) is 3.68. The molecule has 60 valence electrons. The van der Waals surface area contributed by atoms with E-state index in [-0.39, 0.29) is 6.10 Å². The van der Waals surface area contributed by atoms with E-state index in [4.69, 9.17) is 10.00 Å². The Morgan fingerprint density at radius 1 is 1.83 bits per heavy atom. The number of hydrogen-bond acceptors (Lipinski definition) is 3.